The zero-order valence-electron chi connectivity index (χ0n) is 10.8. The van der Waals surface area contributed by atoms with Gasteiger partial charge in [0.25, 0.3) is 0 Å². The number of nitrogens with two attached hydrogens (primary N) is 1. The van der Waals surface area contributed by atoms with Crippen LogP contribution in [0.15, 0.2) is 0 Å². The van der Waals surface area contributed by atoms with E-state index in [-0.39, 0.29) is 0 Å². The molecule has 3 N–H and O–H groups in total. The molecule has 100 valence electrons. The third kappa shape index (κ3) is 2.55. The van der Waals surface area contributed by atoms with E-state index in [1.807, 2.05) is 6.92 Å². The number of rotatable bonds is 7. The lowest BCUT2D eigenvalue weighted by atomic mass is 9.98. The first-order chi connectivity index (χ1) is 8.79. The van der Waals surface area contributed by atoms with Gasteiger partial charge in [-0.15, -0.1) is 0 Å². The van der Waals surface area contributed by atoms with Crippen LogP contribution >= 0.6 is 11.5 Å². The number of nitrogens with one attached hydrogen (secondary N) is 1. The highest BCUT2D eigenvalue weighted by Gasteiger charge is 2.41. The van der Waals surface area contributed by atoms with Crippen molar-refractivity contribution in [2.75, 3.05) is 24.2 Å². The molecule has 0 amide bonds. The van der Waals surface area contributed by atoms with Gasteiger partial charge in [-0.3, -0.25) is 0 Å². The summed E-state index contributed by atoms with van der Waals surface area (Å²) in [4.78, 5) is 0. The molecule has 0 unspecified atom stereocenters. The minimum atomic E-state index is 0.513. The molecule has 2 aliphatic carbocycles. The molecular weight excluding hydrogens is 246 g/mol. The highest BCUT2D eigenvalue weighted by Crippen LogP contribution is 2.49. The minimum Gasteiger partial charge on any atom is -0.487 e. The van der Waals surface area contributed by atoms with Crippen LogP contribution in [0.5, 0.6) is 5.75 Å². The lowest BCUT2D eigenvalue weighted by Crippen LogP contribution is -2.18. The number of anilines is 2. The predicted molar refractivity (Wildman–Crippen MR) is 75.1 cm³/mol. The summed E-state index contributed by atoms with van der Waals surface area (Å²) in [5.41, 5.74) is 5.81. The van der Waals surface area contributed by atoms with Crippen molar-refractivity contribution < 1.29 is 4.74 Å². The molecule has 0 atom stereocenters. The highest BCUT2D eigenvalue weighted by atomic mass is 32.1. The number of aromatic nitrogens is 1. The molecule has 0 aromatic carbocycles. The first kappa shape index (κ1) is 12.1. The second-order valence-corrected chi connectivity index (χ2v) is 6.15. The normalized spacial score (nSPS) is 19.2. The van der Waals surface area contributed by atoms with E-state index in [9.17, 15) is 0 Å². The van der Waals surface area contributed by atoms with Gasteiger partial charge in [0.2, 0.25) is 0 Å². The molecular formula is C13H21N3OS. The Morgan fingerprint density at radius 3 is 2.61 bits per heavy atom. The van der Waals surface area contributed by atoms with Crippen LogP contribution in [0.3, 0.4) is 0 Å². The molecule has 2 aliphatic rings. The first-order valence-corrected chi connectivity index (χ1v) is 7.68. The fourth-order valence-corrected chi connectivity index (χ4v) is 3.33. The average molecular weight is 267 g/mol. The molecule has 1 aromatic heterocycles. The topological polar surface area (TPSA) is 60.2 Å². The molecule has 0 saturated heterocycles. The SMILES string of the molecule is CCOc1c(N)nsc1NCC(C1CC1)C1CC1. The van der Waals surface area contributed by atoms with Crippen LogP contribution in [0.4, 0.5) is 10.8 Å². The summed E-state index contributed by atoms with van der Waals surface area (Å²) >= 11 is 1.41. The van der Waals surface area contributed by atoms with E-state index >= 15 is 0 Å². The van der Waals surface area contributed by atoms with E-state index in [4.69, 9.17) is 10.5 Å². The second-order valence-electron chi connectivity index (χ2n) is 5.38. The van der Waals surface area contributed by atoms with Crippen molar-refractivity contribution in [2.24, 2.45) is 17.8 Å². The fourth-order valence-electron chi connectivity index (χ4n) is 2.67. The Morgan fingerprint density at radius 2 is 2.06 bits per heavy atom. The lowest BCUT2D eigenvalue weighted by molar-refractivity contribution is 0.343. The Labute approximate surface area is 112 Å². The van der Waals surface area contributed by atoms with Gasteiger partial charge in [-0.2, -0.15) is 4.37 Å². The second kappa shape index (κ2) is 4.96. The molecule has 4 nitrogen and oxygen atoms in total. The van der Waals surface area contributed by atoms with Crippen molar-refractivity contribution in [3.63, 3.8) is 0 Å². The summed E-state index contributed by atoms with van der Waals surface area (Å²) in [7, 11) is 0. The van der Waals surface area contributed by atoms with Gasteiger partial charge in [0, 0.05) is 6.54 Å². The van der Waals surface area contributed by atoms with Crippen molar-refractivity contribution in [3.8, 4) is 5.75 Å². The van der Waals surface area contributed by atoms with Crippen molar-refractivity contribution in [2.45, 2.75) is 32.6 Å². The van der Waals surface area contributed by atoms with Crippen LogP contribution in [-0.4, -0.2) is 17.5 Å². The van der Waals surface area contributed by atoms with Crippen LogP contribution in [0.2, 0.25) is 0 Å². The summed E-state index contributed by atoms with van der Waals surface area (Å²) in [5.74, 6) is 4.03. The van der Waals surface area contributed by atoms with Gasteiger partial charge in [0.15, 0.2) is 16.6 Å². The molecule has 3 rings (SSSR count). The first-order valence-electron chi connectivity index (χ1n) is 6.91. The third-order valence-electron chi connectivity index (χ3n) is 3.92. The van der Waals surface area contributed by atoms with Gasteiger partial charge in [-0.25, -0.2) is 0 Å². The maximum atomic E-state index is 5.81. The summed E-state index contributed by atoms with van der Waals surface area (Å²) < 4.78 is 9.72. The Balaban J connectivity index is 1.61. The average Bonchev–Trinajstić information content (AvgIpc) is 3.25. The maximum absolute atomic E-state index is 5.81. The standard InChI is InChI=1S/C13H21N3OS/c1-2-17-11-12(14)16-18-13(11)15-7-10(8-3-4-8)9-5-6-9/h8-10,15H,2-7H2,1H3,(H2,14,16). The monoisotopic (exact) mass is 267 g/mol. The Kier molecular flexibility index (Phi) is 3.33. The van der Waals surface area contributed by atoms with E-state index in [1.54, 1.807) is 0 Å². The molecule has 1 aromatic rings. The molecule has 0 spiro atoms. The highest BCUT2D eigenvalue weighted by molar-refractivity contribution is 7.11. The quantitative estimate of drug-likeness (QED) is 0.797. The van der Waals surface area contributed by atoms with E-state index in [0.717, 1.165) is 35.0 Å². The summed E-state index contributed by atoms with van der Waals surface area (Å²) in [6.45, 7) is 3.65. The lowest BCUT2D eigenvalue weighted by Gasteiger charge is -2.16. The van der Waals surface area contributed by atoms with Crippen molar-refractivity contribution in [3.05, 3.63) is 0 Å². The van der Waals surface area contributed by atoms with Crippen LogP contribution < -0.4 is 15.8 Å². The molecule has 0 bridgehead atoms. The van der Waals surface area contributed by atoms with Crippen LogP contribution in [0, 0.1) is 17.8 Å². The van der Waals surface area contributed by atoms with E-state index in [1.165, 1.54) is 37.2 Å². The van der Waals surface area contributed by atoms with Crippen molar-refractivity contribution in [1.82, 2.24) is 4.37 Å². The van der Waals surface area contributed by atoms with Gasteiger partial charge in [0.05, 0.1) is 6.61 Å². The molecule has 18 heavy (non-hydrogen) atoms. The molecule has 2 saturated carbocycles. The molecule has 2 fully saturated rings. The summed E-state index contributed by atoms with van der Waals surface area (Å²) in [5, 5.41) is 4.51. The Morgan fingerprint density at radius 1 is 1.39 bits per heavy atom. The molecule has 5 heteroatoms. The van der Waals surface area contributed by atoms with Crippen LogP contribution in [0.25, 0.3) is 0 Å². The van der Waals surface area contributed by atoms with Gasteiger partial charge >= 0.3 is 0 Å². The minimum absolute atomic E-state index is 0.513. The smallest absolute Gasteiger partial charge is 0.197 e. The number of nitrogen functional groups attached to an aromatic ring is 1. The van der Waals surface area contributed by atoms with Gasteiger partial charge in [0.1, 0.15) is 0 Å². The van der Waals surface area contributed by atoms with Gasteiger partial charge in [-0.05, 0) is 61.9 Å². The Bertz CT molecular complexity index is 400. The van der Waals surface area contributed by atoms with Crippen LogP contribution in [0.1, 0.15) is 32.6 Å². The van der Waals surface area contributed by atoms with Gasteiger partial charge < -0.3 is 15.8 Å². The Hall–Kier alpha value is -0.970. The number of hydrogen-bond acceptors (Lipinski definition) is 5. The van der Waals surface area contributed by atoms with Crippen LogP contribution in [-0.2, 0) is 0 Å². The zero-order valence-corrected chi connectivity index (χ0v) is 11.6. The predicted octanol–water partition coefficient (Wildman–Crippen LogP) is 2.97. The van der Waals surface area contributed by atoms with Gasteiger partial charge in [-0.1, -0.05) is 0 Å². The largest absolute Gasteiger partial charge is 0.487 e. The van der Waals surface area contributed by atoms with E-state index in [0.29, 0.717) is 12.4 Å². The molecule has 0 radical (unpaired) electrons. The third-order valence-corrected chi connectivity index (χ3v) is 4.72. The van der Waals surface area contributed by atoms with Crippen molar-refractivity contribution >= 4 is 22.4 Å². The molecule has 1 heterocycles. The van der Waals surface area contributed by atoms with Crippen molar-refractivity contribution in [1.29, 1.82) is 0 Å². The fraction of sp³-hybridized carbons (Fsp3) is 0.769. The van der Waals surface area contributed by atoms with E-state index < -0.39 is 0 Å². The number of nitrogens with zero attached hydrogens (tertiary/aromatic N) is 1. The summed E-state index contributed by atoms with van der Waals surface area (Å²) in [6, 6.07) is 0. The van der Waals surface area contributed by atoms with E-state index in [2.05, 4.69) is 9.69 Å². The summed E-state index contributed by atoms with van der Waals surface area (Å²) in [6.07, 6.45) is 5.69. The number of ether oxygens (including phenoxy) is 1. The maximum Gasteiger partial charge on any atom is 0.197 e. The zero-order chi connectivity index (χ0) is 12.5. The number of hydrogen-bond donors (Lipinski definition) is 2. The molecule has 0 aliphatic heterocycles.